The number of rotatable bonds is 5. The van der Waals surface area contributed by atoms with E-state index >= 15 is 8.78 Å². The number of aryl methyl sites for hydroxylation is 1. The number of nitrogens with zero attached hydrogens (tertiary/aromatic N) is 2. The predicted octanol–water partition coefficient (Wildman–Crippen LogP) is 4.67. The van der Waals surface area contributed by atoms with Gasteiger partial charge >= 0.3 is 0 Å². The van der Waals surface area contributed by atoms with E-state index in [0.29, 0.717) is 10.9 Å². The zero-order chi connectivity index (χ0) is 22.2. The summed E-state index contributed by atoms with van der Waals surface area (Å²) in [7, 11) is 0. The molecule has 2 N–H and O–H groups in total. The van der Waals surface area contributed by atoms with Gasteiger partial charge in [0.15, 0.2) is 0 Å². The molecule has 1 saturated heterocycles. The number of aromatic nitrogens is 2. The van der Waals surface area contributed by atoms with Gasteiger partial charge in [0.05, 0.1) is 18.1 Å². The summed E-state index contributed by atoms with van der Waals surface area (Å²) in [5.74, 6) is -4.47. The van der Waals surface area contributed by atoms with Crippen molar-refractivity contribution < 1.29 is 18.7 Å². The Hall–Kier alpha value is -2.51. The Labute approximate surface area is 184 Å². The van der Waals surface area contributed by atoms with Crippen molar-refractivity contribution >= 4 is 28.4 Å². The average molecular weight is 448 g/mol. The fraction of sp³-hybridized carbons (Fsp3) is 0.391. The van der Waals surface area contributed by atoms with Gasteiger partial charge in [-0.15, -0.1) is 0 Å². The molecule has 4 rings (SSSR count). The summed E-state index contributed by atoms with van der Waals surface area (Å²) in [6, 6.07) is 10.7. The lowest BCUT2D eigenvalue weighted by Gasteiger charge is -2.38. The van der Waals surface area contributed by atoms with Crippen LogP contribution in [-0.4, -0.2) is 45.1 Å². The normalized spacial score (nSPS) is 16.6. The number of H-pyrrole nitrogens is 1. The van der Waals surface area contributed by atoms with E-state index in [1.165, 1.54) is 12.3 Å². The second-order valence-electron chi connectivity index (χ2n) is 8.23. The number of nitrogens with one attached hydrogen (secondary N) is 1. The van der Waals surface area contributed by atoms with Gasteiger partial charge < -0.3 is 10.0 Å². The van der Waals surface area contributed by atoms with Crippen LogP contribution >= 0.6 is 11.6 Å². The van der Waals surface area contributed by atoms with Gasteiger partial charge in [-0.2, -0.15) is 5.10 Å². The van der Waals surface area contributed by atoms with E-state index in [1.807, 2.05) is 31.2 Å². The van der Waals surface area contributed by atoms with Crippen molar-refractivity contribution in [3.05, 3.63) is 64.3 Å². The van der Waals surface area contributed by atoms with Crippen LogP contribution in [0.2, 0.25) is 5.02 Å². The monoisotopic (exact) mass is 447 g/mol. The van der Waals surface area contributed by atoms with Gasteiger partial charge in [-0.25, -0.2) is 8.78 Å². The molecule has 0 aliphatic carbocycles. The zero-order valence-corrected chi connectivity index (χ0v) is 17.9. The molecule has 164 valence electrons. The SMILES string of the molecule is Cc1cccc(CC(=O)N2CCC(C(F)(F)C(O)c3cc(Cl)cc4cn[nH]c34)CC2)c1. The minimum Gasteiger partial charge on any atom is -0.382 e. The van der Waals surface area contributed by atoms with Crippen LogP contribution in [0.5, 0.6) is 0 Å². The number of aliphatic hydroxyl groups excluding tert-OH is 1. The number of alkyl halides is 2. The molecule has 2 heterocycles. The molecule has 1 aliphatic rings. The number of amides is 1. The van der Waals surface area contributed by atoms with E-state index in [1.54, 1.807) is 11.0 Å². The molecule has 0 saturated carbocycles. The quantitative estimate of drug-likeness (QED) is 0.597. The van der Waals surface area contributed by atoms with Crippen molar-refractivity contribution in [2.24, 2.45) is 5.92 Å². The van der Waals surface area contributed by atoms with Crippen LogP contribution in [0.3, 0.4) is 0 Å². The number of hydrogen-bond acceptors (Lipinski definition) is 3. The number of likely N-dealkylation sites (tertiary alicyclic amines) is 1. The number of benzene rings is 2. The molecule has 3 aromatic rings. The number of aliphatic hydroxyl groups is 1. The maximum absolute atomic E-state index is 15.2. The van der Waals surface area contributed by atoms with Gasteiger partial charge in [0.1, 0.15) is 6.10 Å². The van der Waals surface area contributed by atoms with E-state index in [0.717, 1.165) is 11.1 Å². The number of carbonyl (C=O) groups is 1. The Morgan fingerprint density at radius 3 is 2.77 bits per heavy atom. The molecule has 0 spiro atoms. The number of hydrogen-bond donors (Lipinski definition) is 2. The van der Waals surface area contributed by atoms with Crippen molar-refractivity contribution in [3.63, 3.8) is 0 Å². The Balaban J connectivity index is 1.43. The van der Waals surface area contributed by atoms with Crippen LogP contribution in [0.1, 0.15) is 35.6 Å². The maximum atomic E-state index is 15.2. The highest BCUT2D eigenvalue weighted by Crippen LogP contribution is 2.44. The third-order valence-corrected chi connectivity index (χ3v) is 6.25. The molecule has 0 bridgehead atoms. The van der Waals surface area contributed by atoms with Gasteiger partial charge in [0.25, 0.3) is 5.92 Å². The van der Waals surface area contributed by atoms with Crippen LogP contribution in [0.15, 0.2) is 42.6 Å². The van der Waals surface area contributed by atoms with E-state index in [-0.39, 0.29) is 48.8 Å². The first-order chi connectivity index (χ1) is 14.8. The summed E-state index contributed by atoms with van der Waals surface area (Å²) in [4.78, 5) is 14.2. The molecule has 1 fully saturated rings. The number of piperidine rings is 1. The summed E-state index contributed by atoms with van der Waals surface area (Å²) in [6.45, 7) is 2.45. The van der Waals surface area contributed by atoms with Crippen molar-refractivity contribution in [2.45, 2.75) is 38.2 Å². The smallest absolute Gasteiger partial charge is 0.280 e. The van der Waals surface area contributed by atoms with Gasteiger partial charge in [0, 0.05) is 35.0 Å². The predicted molar refractivity (Wildman–Crippen MR) is 115 cm³/mol. The highest BCUT2D eigenvalue weighted by atomic mass is 35.5. The standard InChI is InChI=1S/C23H24ClF2N3O2/c1-14-3-2-4-15(9-14)10-20(30)29-7-5-17(6-8-29)23(25,26)22(31)19-12-18(24)11-16-13-27-28-21(16)19/h2-4,9,11-13,17,22,31H,5-8,10H2,1H3,(H,27,28). The van der Waals surface area contributed by atoms with Crippen molar-refractivity contribution in [3.8, 4) is 0 Å². The zero-order valence-electron chi connectivity index (χ0n) is 17.1. The van der Waals surface area contributed by atoms with Crippen LogP contribution in [0.25, 0.3) is 10.9 Å². The van der Waals surface area contributed by atoms with E-state index in [9.17, 15) is 9.90 Å². The molecule has 1 aliphatic heterocycles. The highest BCUT2D eigenvalue weighted by Gasteiger charge is 2.48. The third-order valence-electron chi connectivity index (χ3n) is 6.03. The summed E-state index contributed by atoms with van der Waals surface area (Å²) in [5, 5.41) is 18.0. The van der Waals surface area contributed by atoms with Gasteiger partial charge in [-0.3, -0.25) is 9.89 Å². The Kier molecular flexibility index (Phi) is 5.99. The minimum absolute atomic E-state index is 0.0305. The van der Waals surface area contributed by atoms with Crippen LogP contribution in [0, 0.1) is 12.8 Å². The van der Waals surface area contributed by atoms with E-state index in [4.69, 9.17) is 11.6 Å². The lowest BCUT2D eigenvalue weighted by molar-refractivity contribution is -0.164. The molecule has 1 aromatic heterocycles. The summed E-state index contributed by atoms with van der Waals surface area (Å²) < 4.78 is 30.5. The number of fused-ring (bicyclic) bond motifs is 1. The van der Waals surface area contributed by atoms with Gasteiger partial charge in [0.2, 0.25) is 5.91 Å². The fourth-order valence-corrected chi connectivity index (χ4v) is 4.55. The molecule has 1 amide bonds. The first-order valence-electron chi connectivity index (χ1n) is 10.3. The van der Waals surface area contributed by atoms with Gasteiger partial charge in [-0.05, 0) is 37.5 Å². The Morgan fingerprint density at radius 2 is 2.06 bits per heavy atom. The van der Waals surface area contributed by atoms with E-state index < -0.39 is 17.9 Å². The first kappa shape index (κ1) is 21.7. The van der Waals surface area contributed by atoms with Crippen LogP contribution < -0.4 is 0 Å². The second-order valence-corrected chi connectivity index (χ2v) is 8.66. The molecule has 0 radical (unpaired) electrons. The fourth-order valence-electron chi connectivity index (χ4n) is 4.32. The largest absolute Gasteiger partial charge is 0.382 e. The lowest BCUT2D eigenvalue weighted by Crippen LogP contribution is -2.45. The molecule has 2 aromatic carbocycles. The maximum Gasteiger partial charge on any atom is 0.280 e. The molecular weight excluding hydrogens is 424 g/mol. The van der Waals surface area contributed by atoms with Gasteiger partial charge in [-0.1, -0.05) is 41.4 Å². The average Bonchev–Trinajstić information content (AvgIpc) is 3.21. The number of halogens is 3. The molecule has 5 nitrogen and oxygen atoms in total. The topological polar surface area (TPSA) is 69.2 Å². The Bertz CT molecular complexity index is 1090. The van der Waals surface area contributed by atoms with Crippen LogP contribution in [-0.2, 0) is 11.2 Å². The summed E-state index contributed by atoms with van der Waals surface area (Å²) >= 11 is 6.05. The van der Waals surface area contributed by atoms with Crippen molar-refractivity contribution in [2.75, 3.05) is 13.1 Å². The summed E-state index contributed by atoms with van der Waals surface area (Å²) in [5.41, 5.74) is 2.37. The Morgan fingerprint density at radius 1 is 1.32 bits per heavy atom. The molecule has 1 atom stereocenters. The third kappa shape index (κ3) is 4.43. The van der Waals surface area contributed by atoms with Crippen molar-refractivity contribution in [1.29, 1.82) is 0 Å². The molecule has 1 unspecified atom stereocenters. The molecule has 8 heteroatoms. The van der Waals surface area contributed by atoms with E-state index in [2.05, 4.69) is 10.2 Å². The van der Waals surface area contributed by atoms with Crippen LogP contribution in [0.4, 0.5) is 8.78 Å². The summed E-state index contributed by atoms with van der Waals surface area (Å²) in [6.07, 6.45) is -0.0414. The molecule has 31 heavy (non-hydrogen) atoms. The first-order valence-corrected chi connectivity index (χ1v) is 10.6. The molecular formula is C23H24ClF2N3O2. The number of aromatic amines is 1. The minimum atomic E-state index is -3.37. The second kappa shape index (κ2) is 8.55. The number of carbonyl (C=O) groups excluding carboxylic acids is 1. The highest BCUT2D eigenvalue weighted by molar-refractivity contribution is 6.31. The lowest BCUT2D eigenvalue weighted by atomic mass is 9.84. The van der Waals surface area contributed by atoms with Crippen molar-refractivity contribution in [1.82, 2.24) is 15.1 Å².